The molecule has 1 aromatic heterocycles. The Morgan fingerprint density at radius 2 is 2.06 bits per heavy atom. The van der Waals surface area contributed by atoms with E-state index in [0.717, 1.165) is 17.1 Å². The number of rotatable bonds is 2. The smallest absolute Gasteiger partial charge is 0.181 e. The second-order valence-electron chi connectivity index (χ2n) is 3.31. The van der Waals surface area contributed by atoms with Crippen LogP contribution in [0.3, 0.4) is 0 Å². The molecule has 1 heterocycles. The van der Waals surface area contributed by atoms with Crippen molar-refractivity contribution in [3.05, 3.63) is 30.1 Å². The Morgan fingerprint density at radius 3 is 2.56 bits per heavy atom. The van der Waals surface area contributed by atoms with Crippen LogP contribution in [-0.4, -0.2) is 20.3 Å². The Hall–Kier alpha value is -1.95. The summed E-state index contributed by atoms with van der Waals surface area (Å²) in [6.45, 7) is 1.86. The minimum Gasteiger partial charge on any atom is -0.376 e. The molecular weight excluding hydrogens is 222 g/mol. The van der Waals surface area contributed by atoms with Gasteiger partial charge in [-0.05, 0) is 43.4 Å². The highest BCUT2D eigenvalue weighted by Crippen LogP contribution is 2.17. The van der Waals surface area contributed by atoms with Gasteiger partial charge < -0.3 is 11.1 Å². The van der Waals surface area contributed by atoms with Gasteiger partial charge in [0.05, 0.1) is 0 Å². The van der Waals surface area contributed by atoms with Crippen molar-refractivity contribution in [1.82, 2.24) is 15.2 Å². The van der Waals surface area contributed by atoms with Crippen molar-refractivity contribution < 1.29 is 0 Å². The zero-order valence-corrected chi connectivity index (χ0v) is 9.51. The SMILES string of the molecule is Cc1nc(-c2ccc(NC(N)=S)cc2)n[nH]1. The molecule has 0 saturated heterocycles. The molecule has 2 aromatic rings. The van der Waals surface area contributed by atoms with Crippen LogP contribution in [0.5, 0.6) is 0 Å². The standard InChI is InChI=1S/C10H11N5S/c1-6-12-9(15-14-6)7-2-4-8(5-3-7)13-10(11)16/h2-5H,1H3,(H3,11,13,16)(H,12,14,15). The van der Waals surface area contributed by atoms with Gasteiger partial charge in [-0.2, -0.15) is 5.10 Å². The fourth-order valence-electron chi connectivity index (χ4n) is 1.32. The van der Waals surface area contributed by atoms with Crippen molar-refractivity contribution >= 4 is 23.0 Å². The quantitative estimate of drug-likeness (QED) is 0.684. The van der Waals surface area contributed by atoms with E-state index in [1.54, 1.807) is 0 Å². The molecule has 0 aliphatic heterocycles. The molecular formula is C10H11N5S. The van der Waals surface area contributed by atoms with Gasteiger partial charge >= 0.3 is 0 Å². The average molecular weight is 233 g/mol. The van der Waals surface area contributed by atoms with E-state index in [0.29, 0.717) is 5.82 Å². The molecule has 82 valence electrons. The number of nitrogens with one attached hydrogen (secondary N) is 2. The normalized spacial score (nSPS) is 10.1. The van der Waals surface area contributed by atoms with Crippen LogP contribution in [0.1, 0.15) is 5.82 Å². The molecule has 5 nitrogen and oxygen atoms in total. The van der Waals surface area contributed by atoms with Crippen molar-refractivity contribution in [2.24, 2.45) is 5.73 Å². The van der Waals surface area contributed by atoms with Gasteiger partial charge in [-0.1, -0.05) is 0 Å². The average Bonchev–Trinajstić information content (AvgIpc) is 2.65. The van der Waals surface area contributed by atoms with Gasteiger partial charge in [-0.3, -0.25) is 5.10 Å². The zero-order valence-electron chi connectivity index (χ0n) is 8.69. The van der Waals surface area contributed by atoms with Crippen molar-refractivity contribution in [2.45, 2.75) is 6.92 Å². The third kappa shape index (κ3) is 2.34. The predicted molar refractivity (Wildman–Crippen MR) is 67.0 cm³/mol. The first-order valence-electron chi connectivity index (χ1n) is 4.71. The Bertz CT molecular complexity index is 502. The molecule has 0 amide bonds. The van der Waals surface area contributed by atoms with Gasteiger partial charge in [-0.25, -0.2) is 4.98 Å². The van der Waals surface area contributed by atoms with E-state index in [2.05, 4.69) is 20.5 Å². The molecule has 4 N–H and O–H groups in total. The zero-order chi connectivity index (χ0) is 11.5. The molecule has 0 aliphatic rings. The topological polar surface area (TPSA) is 79.6 Å². The lowest BCUT2D eigenvalue weighted by atomic mass is 10.2. The van der Waals surface area contributed by atoms with Crippen LogP contribution in [0.4, 0.5) is 5.69 Å². The van der Waals surface area contributed by atoms with Crippen LogP contribution in [0.25, 0.3) is 11.4 Å². The highest BCUT2D eigenvalue weighted by atomic mass is 32.1. The first-order valence-corrected chi connectivity index (χ1v) is 5.12. The van der Waals surface area contributed by atoms with Crippen LogP contribution >= 0.6 is 12.2 Å². The summed E-state index contributed by atoms with van der Waals surface area (Å²) >= 11 is 4.74. The Labute approximate surface area is 98.1 Å². The molecule has 0 saturated carbocycles. The number of hydrogen-bond donors (Lipinski definition) is 3. The first kappa shape index (κ1) is 10.6. The third-order valence-electron chi connectivity index (χ3n) is 2.01. The lowest BCUT2D eigenvalue weighted by Crippen LogP contribution is -2.18. The van der Waals surface area contributed by atoms with Crippen LogP contribution < -0.4 is 11.1 Å². The maximum absolute atomic E-state index is 5.37. The number of nitrogens with zero attached hydrogens (tertiary/aromatic N) is 2. The molecule has 0 aliphatic carbocycles. The molecule has 0 radical (unpaired) electrons. The minimum atomic E-state index is 0.251. The summed E-state index contributed by atoms with van der Waals surface area (Å²) < 4.78 is 0. The summed E-state index contributed by atoms with van der Waals surface area (Å²) in [5.41, 5.74) is 7.16. The van der Waals surface area contributed by atoms with Crippen LogP contribution in [0, 0.1) is 6.92 Å². The van der Waals surface area contributed by atoms with Gasteiger partial charge in [0.25, 0.3) is 0 Å². The molecule has 16 heavy (non-hydrogen) atoms. The number of benzene rings is 1. The summed E-state index contributed by atoms with van der Waals surface area (Å²) in [6.07, 6.45) is 0. The fourth-order valence-corrected chi connectivity index (χ4v) is 1.43. The van der Waals surface area contributed by atoms with Gasteiger partial charge in [0, 0.05) is 11.3 Å². The van der Waals surface area contributed by atoms with E-state index in [-0.39, 0.29) is 5.11 Å². The second-order valence-corrected chi connectivity index (χ2v) is 3.75. The van der Waals surface area contributed by atoms with Crippen molar-refractivity contribution in [1.29, 1.82) is 0 Å². The van der Waals surface area contributed by atoms with E-state index in [9.17, 15) is 0 Å². The molecule has 0 spiro atoms. The number of nitrogens with two attached hydrogens (primary N) is 1. The van der Waals surface area contributed by atoms with Gasteiger partial charge in [0.15, 0.2) is 10.9 Å². The Balaban J connectivity index is 2.22. The number of aromatic nitrogens is 3. The lowest BCUT2D eigenvalue weighted by molar-refractivity contribution is 1.04. The van der Waals surface area contributed by atoms with E-state index >= 15 is 0 Å². The van der Waals surface area contributed by atoms with Gasteiger partial charge in [0.1, 0.15) is 5.82 Å². The molecule has 0 fully saturated rings. The van der Waals surface area contributed by atoms with Crippen molar-refractivity contribution in [2.75, 3.05) is 5.32 Å². The summed E-state index contributed by atoms with van der Waals surface area (Å²) in [5, 5.41) is 9.97. The Morgan fingerprint density at radius 1 is 1.38 bits per heavy atom. The van der Waals surface area contributed by atoms with Gasteiger partial charge in [0.2, 0.25) is 0 Å². The number of H-pyrrole nitrogens is 1. The van der Waals surface area contributed by atoms with E-state index in [1.165, 1.54) is 0 Å². The van der Waals surface area contributed by atoms with Crippen LogP contribution in [-0.2, 0) is 0 Å². The van der Waals surface area contributed by atoms with Crippen LogP contribution in [0.15, 0.2) is 24.3 Å². The number of hydrogen-bond acceptors (Lipinski definition) is 3. The minimum absolute atomic E-state index is 0.251. The second kappa shape index (κ2) is 4.28. The fraction of sp³-hybridized carbons (Fsp3) is 0.100. The maximum Gasteiger partial charge on any atom is 0.181 e. The third-order valence-corrected chi connectivity index (χ3v) is 2.11. The van der Waals surface area contributed by atoms with Gasteiger partial charge in [-0.15, -0.1) is 0 Å². The Kier molecular flexibility index (Phi) is 2.82. The summed E-state index contributed by atoms with van der Waals surface area (Å²) in [5.74, 6) is 1.47. The number of anilines is 1. The molecule has 6 heteroatoms. The number of aromatic amines is 1. The van der Waals surface area contributed by atoms with Crippen molar-refractivity contribution in [3.63, 3.8) is 0 Å². The number of aryl methyl sites for hydroxylation is 1. The molecule has 0 unspecified atom stereocenters. The molecule has 1 aromatic carbocycles. The lowest BCUT2D eigenvalue weighted by Gasteiger charge is -2.03. The molecule has 2 rings (SSSR count). The largest absolute Gasteiger partial charge is 0.376 e. The molecule has 0 bridgehead atoms. The highest BCUT2D eigenvalue weighted by molar-refractivity contribution is 7.80. The number of thiocarbonyl (C=S) groups is 1. The monoisotopic (exact) mass is 233 g/mol. The summed E-state index contributed by atoms with van der Waals surface area (Å²) in [7, 11) is 0. The molecule has 0 atom stereocenters. The van der Waals surface area contributed by atoms with E-state index in [4.69, 9.17) is 18.0 Å². The van der Waals surface area contributed by atoms with E-state index in [1.807, 2.05) is 31.2 Å². The van der Waals surface area contributed by atoms with E-state index < -0.39 is 0 Å². The van der Waals surface area contributed by atoms with Crippen LogP contribution in [0.2, 0.25) is 0 Å². The van der Waals surface area contributed by atoms with Crippen molar-refractivity contribution in [3.8, 4) is 11.4 Å². The summed E-state index contributed by atoms with van der Waals surface area (Å²) in [6, 6.07) is 7.56. The summed E-state index contributed by atoms with van der Waals surface area (Å²) in [4.78, 5) is 4.23. The highest BCUT2D eigenvalue weighted by Gasteiger charge is 2.03. The predicted octanol–water partition coefficient (Wildman–Crippen LogP) is 1.44. The maximum atomic E-state index is 5.37. The first-order chi connectivity index (χ1) is 7.65.